The molecule has 15 heavy (non-hydrogen) atoms. The first kappa shape index (κ1) is 10.4. The Labute approximate surface area is 94.8 Å². The Morgan fingerprint density at radius 3 is 2.60 bits per heavy atom. The summed E-state index contributed by atoms with van der Waals surface area (Å²) in [6.07, 6.45) is 2.26. The van der Waals surface area contributed by atoms with Crippen LogP contribution in [0.2, 0.25) is 0 Å². The highest BCUT2D eigenvalue weighted by Gasteiger charge is 2.08. The lowest BCUT2D eigenvalue weighted by atomic mass is 10.2. The van der Waals surface area contributed by atoms with Crippen molar-refractivity contribution < 1.29 is 0 Å². The van der Waals surface area contributed by atoms with Crippen LogP contribution in [-0.4, -0.2) is 4.98 Å². The molecule has 0 fully saturated rings. The Balaban J connectivity index is 2.36. The lowest BCUT2D eigenvalue weighted by molar-refractivity contribution is 0.903. The van der Waals surface area contributed by atoms with E-state index in [4.69, 9.17) is 0 Å². The molecule has 2 heteroatoms. The monoisotopic (exact) mass is 217 g/mol. The van der Waals surface area contributed by atoms with Crippen molar-refractivity contribution in [3.63, 3.8) is 0 Å². The highest BCUT2D eigenvalue weighted by molar-refractivity contribution is 7.15. The van der Waals surface area contributed by atoms with Crippen molar-refractivity contribution in [3.8, 4) is 10.4 Å². The average Bonchev–Trinajstić information content (AvgIpc) is 2.61. The molecular weight excluding hydrogens is 202 g/mol. The minimum absolute atomic E-state index is 1.10. The lowest BCUT2D eigenvalue weighted by Crippen LogP contribution is -1.80. The Morgan fingerprint density at radius 1 is 1.20 bits per heavy atom. The Hall–Kier alpha value is -1.15. The number of hydrogen-bond acceptors (Lipinski definition) is 2. The SMILES string of the molecule is CCCc1nc(C)c(-c2ccccc2)s1. The molecule has 1 nitrogen and oxygen atoms in total. The number of nitrogens with zero attached hydrogens (tertiary/aromatic N) is 1. The molecule has 78 valence electrons. The maximum atomic E-state index is 4.60. The van der Waals surface area contributed by atoms with Gasteiger partial charge in [-0.2, -0.15) is 0 Å². The molecule has 0 saturated carbocycles. The highest BCUT2D eigenvalue weighted by atomic mass is 32.1. The van der Waals surface area contributed by atoms with Crippen molar-refractivity contribution in [2.75, 3.05) is 0 Å². The van der Waals surface area contributed by atoms with Gasteiger partial charge in [-0.25, -0.2) is 4.98 Å². The van der Waals surface area contributed by atoms with Crippen LogP contribution in [0.3, 0.4) is 0 Å². The van der Waals surface area contributed by atoms with Gasteiger partial charge in [-0.15, -0.1) is 11.3 Å². The van der Waals surface area contributed by atoms with E-state index in [1.807, 2.05) is 17.4 Å². The molecule has 0 spiro atoms. The van der Waals surface area contributed by atoms with Crippen molar-refractivity contribution >= 4 is 11.3 Å². The molecule has 0 saturated heterocycles. The summed E-state index contributed by atoms with van der Waals surface area (Å²) in [5, 5.41) is 1.26. The molecule has 2 aromatic rings. The van der Waals surface area contributed by atoms with Crippen LogP contribution in [0.5, 0.6) is 0 Å². The van der Waals surface area contributed by atoms with Crippen molar-refractivity contribution in [1.29, 1.82) is 0 Å². The summed E-state index contributed by atoms with van der Waals surface area (Å²) in [4.78, 5) is 5.91. The second-order valence-electron chi connectivity index (χ2n) is 3.64. The molecule has 0 aliphatic carbocycles. The average molecular weight is 217 g/mol. The van der Waals surface area contributed by atoms with Gasteiger partial charge in [0.1, 0.15) is 0 Å². The van der Waals surface area contributed by atoms with Crippen molar-refractivity contribution in [2.45, 2.75) is 26.7 Å². The van der Waals surface area contributed by atoms with Gasteiger partial charge in [-0.05, 0) is 25.3 Å². The molecule has 0 radical (unpaired) electrons. The molecule has 2 rings (SSSR count). The van der Waals surface area contributed by atoms with Crippen LogP contribution >= 0.6 is 11.3 Å². The van der Waals surface area contributed by atoms with E-state index in [0.717, 1.165) is 12.1 Å². The molecule has 1 aromatic heterocycles. The third kappa shape index (κ3) is 2.26. The fourth-order valence-corrected chi connectivity index (χ4v) is 2.80. The van der Waals surface area contributed by atoms with Crippen LogP contribution in [0.25, 0.3) is 10.4 Å². The van der Waals surface area contributed by atoms with E-state index in [9.17, 15) is 0 Å². The zero-order valence-corrected chi connectivity index (χ0v) is 9.97. The number of aromatic nitrogens is 1. The van der Waals surface area contributed by atoms with Gasteiger partial charge >= 0.3 is 0 Å². The Kier molecular flexibility index (Phi) is 3.17. The third-order valence-corrected chi connectivity index (χ3v) is 3.61. The maximum Gasteiger partial charge on any atom is 0.0934 e. The molecule has 0 N–H and O–H groups in total. The normalized spacial score (nSPS) is 10.5. The van der Waals surface area contributed by atoms with Gasteiger partial charge < -0.3 is 0 Å². The summed E-state index contributed by atoms with van der Waals surface area (Å²) in [5.41, 5.74) is 2.45. The van der Waals surface area contributed by atoms with Gasteiger partial charge in [0.25, 0.3) is 0 Å². The number of benzene rings is 1. The molecule has 0 unspecified atom stereocenters. The minimum atomic E-state index is 1.10. The standard InChI is InChI=1S/C13H15NS/c1-3-7-12-14-10(2)13(15-12)11-8-5-4-6-9-11/h4-6,8-9H,3,7H2,1-2H3. The van der Waals surface area contributed by atoms with E-state index in [2.05, 4.69) is 43.1 Å². The second kappa shape index (κ2) is 4.58. The van der Waals surface area contributed by atoms with Crippen LogP contribution in [0.1, 0.15) is 24.0 Å². The molecule has 1 heterocycles. The maximum absolute atomic E-state index is 4.60. The summed E-state index contributed by atoms with van der Waals surface area (Å²) in [5.74, 6) is 0. The van der Waals surface area contributed by atoms with Crippen molar-refractivity contribution in [2.24, 2.45) is 0 Å². The predicted octanol–water partition coefficient (Wildman–Crippen LogP) is 4.07. The van der Waals surface area contributed by atoms with E-state index in [1.54, 1.807) is 0 Å². The molecule has 0 atom stereocenters. The number of aryl methyl sites for hydroxylation is 2. The first-order valence-electron chi connectivity index (χ1n) is 5.33. The van der Waals surface area contributed by atoms with E-state index < -0.39 is 0 Å². The van der Waals surface area contributed by atoms with Crippen LogP contribution < -0.4 is 0 Å². The molecular formula is C13H15NS. The zero-order valence-electron chi connectivity index (χ0n) is 9.16. The summed E-state index contributed by atoms with van der Waals surface area (Å²) in [7, 11) is 0. The molecule has 1 aromatic carbocycles. The summed E-state index contributed by atoms with van der Waals surface area (Å²) in [6, 6.07) is 10.5. The van der Waals surface area contributed by atoms with E-state index in [0.29, 0.717) is 0 Å². The van der Waals surface area contributed by atoms with Gasteiger partial charge in [0.15, 0.2) is 0 Å². The van der Waals surface area contributed by atoms with E-state index >= 15 is 0 Å². The number of hydrogen-bond donors (Lipinski definition) is 0. The van der Waals surface area contributed by atoms with Gasteiger partial charge in [-0.1, -0.05) is 37.3 Å². The molecule has 0 bridgehead atoms. The van der Waals surface area contributed by atoms with Crippen LogP contribution in [-0.2, 0) is 6.42 Å². The molecule has 0 aliphatic rings. The van der Waals surface area contributed by atoms with Crippen LogP contribution in [0, 0.1) is 6.92 Å². The molecule has 0 amide bonds. The fourth-order valence-electron chi connectivity index (χ4n) is 1.63. The van der Waals surface area contributed by atoms with Crippen molar-refractivity contribution in [3.05, 3.63) is 41.0 Å². The lowest BCUT2D eigenvalue weighted by Gasteiger charge is -1.96. The van der Waals surface area contributed by atoms with Gasteiger partial charge in [0.2, 0.25) is 0 Å². The topological polar surface area (TPSA) is 12.9 Å². The number of rotatable bonds is 3. The largest absolute Gasteiger partial charge is 0.246 e. The highest BCUT2D eigenvalue weighted by Crippen LogP contribution is 2.30. The van der Waals surface area contributed by atoms with Crippen LogP contribution in [0.4, 0.5) is 0 Å². The van der Waals surface area contributed by atoms with E-state index in [-0.39, 0.29) is 0 Å². The molecule has 0 aliphatic heterocycles. The zero-order chi connectivity index (χ0) is 10.7. The summed E-state index contributed by atoms with van der Waals surface area (Å²) in [6.45, 7) is 4.29. The quantitative estimate of drug-likeness (QED) is 0.755. The fraction of sp³-hybridized carbons (Fsp3) is 0.308. The van der Waals surface area contributed by atoms with E-state index in [1.165, 1.54) is 21.9 Å². The van der Waals surface area contributed by atoms with Gasteiger partial charge in [-0.3, -0.25) is 0 Å². The Bertz CT molecular complexity index is 431. The van der Waals surface area contributed by atoms with Gasteiger partial charge in [0, 0.05) is 0 Å². The smallest absolute Gasteiger partial charge is 0.0934 e. The van der Waals surface area contributed by atoms with Crippen molar-refractivity contribution in [1.82, 2.24) is 4.98 Å². The first-order valence-corrected chi connectivity index (χ1v) is 6.14. The van der Waals surface area contributed by atoms with Gasteiger partial charge in [0.05, 0.1) is 15.6 Å². The minimum Gasteiger partial charge on any atom is -0.246 e. The van der Waals surface area contributed by atoms with Crippen LogP contribution in [0.15, 0.2) is 30.3 Å². The third-order valence-electron chi connectivity index (χ3n) is 2.34. The predicted molar refractivity (Wildman–Crippen MR) is 66.3 cm³/mol. The summed E-state index contributed by atoms with van der Waals surface area (Å²) < 4.78 is 0. The second-order valence-corrected chi connectivity index (χ2v) is 4.72. The first-order chi connectivity index (χ1) is 7.31. The Morgan fingerprint density at radius 2 is 1.93 bits per heavy atom. The number of thiazole rings is 1. The summed E-state index contributed by atoms with van der Waals surface area (Å²) >= 11 is 1.83.